The molecule has 1 N–H and O–H groups in total. The molecule has 0 atom stereocenters. The largest absolute Gasteiger partial charge is 0.338 e. The molecule has 2 aromatic rings. The van der Waals surface area contributed by atoms with Crippen LogP contribution in [0.5, 0.6) is 0 Å². The fourth-order valence-electron chi connectivity index (χ4n) is 4.53. The van der Waals surface area contributed by atoms with Gasteiger partial charge in [-0.25, -0.2) is 16.8 Å². The van der Waals surface area contributed by atoms with Crippen LogP contribution in [0, 0.1) is 6.92 Å². The predicted molar refractivity (Wildman–Crippen MR) is 126 cm³/mol. The molecule has 0 aromatic heterocycles. The van der Waals surface area contributed by atoms with E-state index in [-0.39, 0.29) is 28.8 Å². The second kappa shape index (κ2) is 9.02. The van der Waals surface area contributed by atoms with Crippen LogP contribution in [0.15, 0.2) is 58.3 Å². The maximum Gasteiger partial charge on any atom is 0.243 e. The number of halogens is 1. The van der Waals surface area contributed by atoms with Gasteiger partial charge in [0.05, 0.1) is 9.79 Å². The van der Waals surface area contributed by atoms with Crippen LogP contribution in [0.4, 0.5) is 0 Å². The summed E-state index contributed by atoms with van der Waals surface area (Å²) in [4.78, 5) is 15.3. The molecule has 33 heavy (non-hydrogen) atoms. The smallest absolute Gasteiger partial charge is 0.243 e. The Hall–Kier alpha value is -1.94. The van der Waals surface area contributed by atoms with Crippen LogP contribution in [0.3, 0.4) is 0 Å². The molecule has 1 aliphatic heterocycles. The molecule has 2 fully saturated rings. The van der Waals surface area contributed by atoms with Gasteiger partial charge >= 0.3 is 0 Å². The zero-order valence-electron chi connectivity index (χ0n) is 18.3. The standard InChI is InChI=1S/C23H27ClN2O5S2/c1-17-6-5-7-20(14-17)33(30,31)25-23(12-3-2-4-13-23)22(27)26-15-21(16-26)32(28,29)19-10-8-18(24)9-11-19/h5-11,14,21,25H,2-4,12-13,15-16H2,1H3. The molecule has 0 radical (unpaired) electrons. The molecule has 1 heterocycles. The van der Waals surface area contributed by atoms with Gasteiger partial charge in [0.1, 0.15) is 10.8 Å². The molecule has 4 rings (SSSR count). The fraction of sp³-hybridized carbons (Fsp3) is 0.435. The maximum atomic E-state index is 13.5. The molecule has 0 bridgehead atoms. The van der Waals surface area contributed by atoms with Crippen LogP contribution in [0.1, 0.15) is 37.7 Å². The first-order chi connectivity index (χ1) is 15.5. The second-order valence-electron chi connectivity index (χ2n) is 8.90. The van der Waals surface area contributed by atoms with E-state index in [0.29, 0.717) is 17.9 Å². The predicted octanol–water partition coefficient (Wildman–Crippen LogP) is 3.31. The van der Waals surface area contributed by atoms with Crippen LogP contribution >= 0.6 is 11.6 Å². The van der Waals surface area contributed by atoms with E-state index < -0.39 is 30.6 Å². The quantitative estimate of drug-likeness (QED) is 0.642. The first kappa shape index (κ1) is 24.2. The number of carbonyl (C=O) groups is 1. The molecular formula is C23H27ClN2O5S2. The number of nitrogens with zero attached hydrogens (tertiary/aromatic N) is 1. The molecule has 7 nitrogen and oxygen atoms in total. The molecule has 2 aromatic carbocycles. The van der Waals surface area contributed by atoms with Crippen molar-refractivity contribution >= 4 is 37.4 Å². The zero-order chi connectivity index (χ0) is 23.9. The van der Waals surface area contributed by atoms with Gasteiger partial charge in [-0.2, -0.15) is 4.72 Å². The molecule has 10 heteroatoms. The van der Waals surface area contributed by atoms with Crippen molar-refractivity contribution in [3.63, 3.8) is 0 Å². The van der Waals surface area contributed by atoms with Crippen LogP contribution in [-0.4, -0.2) is 51.5 Å². The highest BCUT2D eigenvalue weighted by atomic mass is 35.5. The van der Waals surface area contributed by atoms with Gasteiger partial charge in [-0.1, -0.05) is 43.0 Å². The fourth-order valence-corrected chi connectivity index (χ4v) is 7.83. The molecule has 1 saturated heterocycles. The normalized spacial score (nSPS) is 19.2. The Morgan fingerprint density at radius 1 is 0.970 bits per heavy atom. The number of benzene rings is 2. The Morgan fingerprint density at radius 3 is 2.21 bits per heavy atom. The lowest BCUT2D eigenvalue weighted by molar-refractivity contribution is -0.142. The Bertz CT molecular complexity index is 1250. The van der Waals surface area contributed by atoms with Crippen molar-refractivity contribution < 1.29 is 21.6 Å². The monoisotopic (exact) mass is 510 g/mol. The van der Waals surface area contributed by atoms with Gasteiger partial charge in [-0.15, -0.1) is 0 Å². The summed E-state index contributed by atoms with van der Waals surface area (Å²) in [5.41, 5.74) is -0.449. The first-order valence-corrected chi connectivity index (χ1v) is 14.3. The minimum Gasteiger partial charge on any atom is -0.338 e. The van der Waals surface area contributed by atoms with Gasteiger partial charge in [0.15, 0.2) is 9.84 Å². The highest BCUT2D eigenvalue weighted by molar-refractivity contribution is 7.92. The number of sulfonamides is 1. The van der Waals surface area contributed by atoms with Crippen molar-refractivity contribution in [2.45, 2.75) is 59.6 Å². The number of rotatable bonds is 6. The molecule has 1 amide bonds. The number of nitrogens with one attached hydrogen (secondary N) is 1. The van der Waals surface area contributed by atoms with Crippen LogP contribution < -0.4 is 4.72 Å². The summed E-state index contributed by atoms with van der Waals surface area (Å²) in [5, 5.41) is -0.281. The minimum absolute atomic E-state index is 0.0394. The molecular weight excluding hydrogens is 484 g/mol. The van der Waals surface area contributed by atoms with Crippen LogP contribution in [-0.2, 0) is 24.7 Å². The summed E-state index contributed by atoms with van der Waals surface area (Å²) in [5.74, 6) is -0.346. The number of hydrogen-bond donors (Lipinski definition) is 1. The van der Waals surface area contributed by atoms with Gasteiger partial charge in [-0.3, -0.25) is 4.79 Å². The summed E-state index contributed by atoms with van der Waals surface area (Å²) in [6.07, 6.45) is 3.16. The highest BCUT2D eigenvalue weighted by Crippen LogP contribution is 2.35. The van der Waals surface area contributed by atoms with Crippen molar-refractivity contribution in [1.29, 1.82) is 0 Å². The summed E-state index contributed by atoms with van der Waals surface area (Å²) in [6.45, 7) is 1.89. The number of sulfone groups is 1. The third-order valence-corrected chi connectivity index (χ3v) is 10.4. The number of likely N-dealkylation sites (tertiary alicyclic amines) is 1. The van der Waals surface area contributed by atoms with Crippen molar-refractivity contribution in [1.82, 2.24) is 9.62 Å². The second-order valence-corrected chi connectivity index (χ2v) is 13.2. The lowest BCUT2D eigenvalue weighted by atomic mass is 9.81. The van der Waals surface area contributed by atoms with E-state index in [1.165, 1.54) is 35.2 Å². The summed E-state index contributed by atoms with van der Waals surface area (Å²) >= 11 is 5.86. The van der Waals surface area contributed by atoms with Crippen molar-refractivity contribution in [3.8, 4) is 0 Å². The number of hydrogen-bond acceptors (Lipinski definition) is 5. The number of aryl methyl sites for hydroxylation is 1. The van der Waals surface area contributed by atoms with Crippen LogP contribution in [0.2, 0.25) is 5.02 Å². The van der Waals surface area contributed by atoms with Crippen molar-refractivity contribution in [2.24, 2.45) is 0 Å². The van der Waals surface area contributed by atoms with E-state index in [9.17, 15) is 21.6 Å². The van der Waals surface area contributed by atoms with Crippen molar-refractivity contribution in [2.75, 3.05) is 13.1 Å². The van der Waals surface area contributed by atoms with E-state index in [4.69, 9.17) is 11.6 Å². The molecule has 1 aliphatic carbocycles. The first-order valence-electron chi connectivity index (χ1n) is 10.9. The summed E-state index contributed by atoms with van der Waals surface area (Å²) < 4.78 is 54.8. The van der Waals surface area contributed by atoms with E-state index in [1.807, 2.05) is 13.0 Å². The van der Waals surface area contributed by atoms with E-state index >= 15 is 0 Å². The van der Waals surface area contributed by atoms with E-state index in [2.05, 4.69) is 4.72 Å². The molecule has 1 saturated carbocycles. The van der Waals surface area contributed by atoms with Gasteiger partial charge < -0.3 is 4.90 Å². The molecule has 0 spiro atoms. The van der Waals surface area contributed by atoms with E-state index in [1.54, 1.807) is 12.1 Å². The Balaban J connectivity index is 1.53. The Kier molecular flexibility index (Phi) is 6.61. The zero-order valence-corrected chi connectivity index (χ0v) is 20.7. The van der Waals surface area contributed by atoms with Crippen LogP contribution in [0.25, 0.3) is 0 Å². The lowest BCUT2D eigenvalue weighted by Crippen LogP contribution is -2.67. The molecule has 178 valence electrons. The minimum atomic E-state index is -3.92. The van der Waals surface area contributed by atoms with Gasteiger partial charge in [0, 0.05) is 18.1 Å². The van der Waals surface area contributed by atoms with Gasteiger partial charge in [0.2, 0.25) is 15.9 Å². The van der Waals surface area contributed by atoms with E-state index in [0.717, 1.165) is 24.8 Å². The van der Waals surface area contributed by atoms with Gasteiger partial charge in [-0.05, 0) is 61.7 Å². The van der Waals surface area contributed by atoms with Gasteiger partial charge in [0.25, 0.3) is 0 Å². The highest BCUT2D eigenvalue weighted by Gasteiger charge is 2.50. The maximum absolute atomic E-state index is 13.5. The number of amides is 1. The average Bonchev–Trinajstić information content (AvgIpc) is 2.73. The molecule has 0 unspecified atom stereocenters. The third-order valence-electron chi connectivity index (χ3n) is 6.46. The third kappa shape index (κ3) is 4.82. The Labute approximate surface area is 200 Å². The summed E-state index contributed by atoms with van der Waals surface area (Å²) in [7, 11) is -7.53. The van der Waals surface area contributed by atoms with Crippen molar-refractivity contribution in [3.05, 3.63) is 59.1 Å². The average molecular weight is 511 g/mol. The SMILES string of the molecule is Cc1cccc(S(=O)(=O)NC2(C(=O)N3CC(S(=O)(=O)c4ccc(Cl)cc4)C3)CCCCC2)c1. The molecule has 2 aliphatic rings. The topological polar surface area (TPSA) is 101 Å². The Morgan fingerprint density at radius 2 is 1.61 bits per heavy atom. The summed E-state index contributed by atoms with van der Waals surface area (Å²) in [6, 6.07) is 12.5. The number of carbonyl (C=O) groups excluding carboxylic acids is 1. The lowest BCUT2D eigenvalue weighted by Gasteiger charge is -2.46.